The van der Waals surface area contributed by atoms with Gasteiger partial charge in [0.15, 0.2) is 5.54 Å². The smallest absolute Gasteiger partial charge is 0.232 e. The molecule has 0 unspecified atom stereocenters. The van der Waals surface area contributed by atoms with Crippen LogP contribution >= 0.6 is 0 Å². The van der Waals surface area contributed by atoms with E-state index in [1.54, 1.807) is 4.90 Å². The van der Waals surface area contributed by atoms with Gasteiger partial charge >= 0.3 is 0 Å². The Morgan fingerprint density at radius 2 is 1.68 bits per heavy atom. The van der Waals surface area contributed by atoms with Crippen molar-refractivity contribution in [1.29, 1.82) is 5.26 Å². The monoisotopic (exact) mass is 368 g/mol. The van der Waals surface area contributed by atoms with E-state index in [0.29, 0.717) is 6.61 Å². The van der Waals surface area contributed by atoms with Gasteiger partial charge in [0, 0.05) is 5.69 Å². The minimum atomic E-state index is -0.971. The van der Waals surface area contributed by atoms with Crippen molar-refractivity contribution in [2.45, 2.75) is 25.5 Å². The van der Waals surface area contributed by atoms with Crippen molar-refractivity contribution in [3.8, 4) is 11.8 Å². The van der Waals surface area contributed by atoms with E-state index in [1.165, 1.54) is 0 Å². The maximum Gasteiger partial charge on any atom is 0.232 e. The Kier molecular flexibility index (Phi) is 4.58. The largest absolute Gasteiger partial charge is 0.489 e. The van der Waals surface area contributed by atoms with Gasteiger partial charge in [0.25, 0.3) is 0 Å². The van der Waals surface area contributed by atoms with E-state index in [0.717, 1.165) is 28.1 Å². The summed E-state index contributed by atoms with van der Waals surface area (Å²) in [5.74, 6) is 0.689. The van der Waals surface area contributed by atoms with Crippen molar-refractivity contribution >= 4 is 11.6 Å². The molecule has 1 aliphatic heterocycles. The lowest BCUT2D eigenvalue weighted by atomic mass is 9.78. The molecule has 4 heteroatoms. The number of benzene rings is 3. The van der Waals surface area contributed by atoms with E-state index < -0.39 is 5.54 Å². The molecule has 0 radical (unpaired) electrons. The molecule has 3 aromatic rings. The van der Waals surface area contributed by atoms with Crippen LogP contribution in [0.15, 0.2) is 78.9 Å². The van der Waals surface area contributed by atoms with Gasteiger partial charge in [-0.2, -0.15) is 5.26 Å². The summed E-state index contributed by atoms with van der Waals surface area (Å²) >= 11 is 0. The second kappa shape index (κ2) is 7.21. The number of rotatable bonds is 5. The van der Waals surface area contributed by atoms with Crippen LogP contribution in [0, 0.1) is 18.3 Å². The number of para-hydroxylation sites is 1. The van der Waals surface area contributed by atoms with E-state index >= 15 is 0 Å². The number of nitriles is 1. The highest BCUT2D eigenvalue weighted by molar-refractivity contribution is 6.04. The number of ether oxygens (including phenoxy) is 1. The molecule has 0 bridgehead atoms. The molecule has 138 valence electrons. The van der Waals surface area contributed by atoms with Crippen LogP contribution in [0.4, 0.5) is 5.69 Å². The zero-order chi connectivity index (χ0) is 19.6. The maximum absolute atomic E-state index is 12.4. The molecular formula is C24H20N2O2. The van der Waals surface area contributed by atoms with Gasteiger partial charge in [-0.25, -0.2) is 0 Å². The third kappa shape index (κ3) is 3.01. The first-order valence-corrected chi connectivity index (χ1v) is 9.21. The van der Waals surface area contributed by atoms with Gasteiger partial charge in [0.1, 0.15) is 12.4 Å². The number of β-lactam (4-membered cyclic amide) rings is 1. The van der Waals surface area contributed by atoms with Gasteiger partial charge in [0.05, 0.1) is 12.5 Å². The summed E-state index contributed by atoms with van der Waals surface area (Å²) in [5.41, 5.74) is 2.67. The first-order chi connectivity index (χ1) is 13.6. The topological polar surface area (TPSA) is 53.3 Å². The number of carbonyl (C=O) groups excluding carboxylic acids is 1. The van der Waals surface area contributed by atoms with Crippen LogP contribution in [0.1, 0.15) is 23.1 Å². The highest BCUT2D eigenvalue weighted by Gasteiger charge is 2.54. The van der Waals surface area contributed by atoms with Gasteiger partial charge in [-0.1, -0.05) is 60.7 Å². The van der Waals surface area contributed by atoms with Crippen LogP contribution in [0.2, 0.25) is 0 Å². The van der Waals surface area contributed by atoms with Crippen LogP contribution in [0.25, 0.3) is 0 Å². The Morgan fingerprint density at radius 3 is 2.32 bits per heavy atom. The van der Waals surface area contributed by atoms with Gasteiger partial charge in [0.2, 0.25) is 5.91 Å². The predicted octanol–water partition coefficient (Wildman–Crippen LogP) is 4.73. The first-order valence-electron chi connectivity index (χ1n) is 9.21. The van der Waals surface area contributed by atoms with Crippen LogP contribution in [0.3, 0.4) is 0 Å². The predicted molar refractivity (Wildman–Crippen MR) is 108 cm³/mol. The molecule has 1 heterocycles. The molecule has 4 rings (SSSR count). The molecule has 0 aliphatic carbocycles. The van der Waals surface area contributed by atoms with Gasteiger partial charge in [-0.15, -0.1) is 0 Å². The van der Waals surface area contributed by atoms with Crippen LogP contribution < -0.4 is 9.64 Å². The fourth-order valence-corrected chi connectivity index (χ4v) is 3.61. The Morgan fingerprint density at radius 1 is 1.00 bits per heavy atom. The van der Waals surface area contributed by atoms with Crippen molar-refractivity contribution in [1.82, 2.24) is 0 Å². The molecule has 28 heavy (non-hydrogen) atoms. The van der Waals surface area contributed by atoms with Gasteiger partial charge in [-0.3, -0.25) is 9.69 Å². The number of amides is 1. The fourth-order valence-electron chi connectivity index (χ4n) is 3.61. The Balaban J connectivity index is 1.58. The number of anilines is 1. The van der Waals surface area contributed by atoms with E-state index in [9.17, 15) is 10.1 Å². The molecule has 1 saturated heterocycles. The lowest BCUT2D eigenvalue weighted by molar-refractivity contribution is -0.126. The average molecular weight is 368 g/mol. The molecular weight excluding hydrogens is 348 g/mol. The summed E-state index contributed by atoms with van der Waals surface area (Å²) in [5, 5.41) is 9.98. The van der Waals surface area contributed by atoms with E-state index in [2.05, 4.69) is 6.07 Å². The molecule has 0 aromatic heterocycles. The Labute approximate surface area is 164 Å². The first kappa shape index (κ1) is 17.8. The quantitative estimate of drug-likeness (QED) is 0.612. The van der Waals surface area contributed by atoms with Gasteiger partial charge in [-0.05, 0) is 41.8 Å². The number of aryl methyl sites for hydroxylation is 1. The second-order valence-electron chi connectivity index (χ2n) is 6.96. The van der Waals surface area contributed by atoms with Crippen molar-refractivity contribution in [2.75, 3.05) is 4.90 Å². The number of hydrogen-bond donors (Lipinski definition) is 0. The zero-order valence-electron chi connectivity index (χ0n) is 15.6. The summed E-state index contributed by atoms with van der Waals surface area (Å²) < 4.78 is 5.83. The lowest BCUT2D eigenvalue weighted by Gasteiger charge is -2.48. The average Bonchev–Trinajstić information content (AvgIpc) is 2.73. The SMILES string of the molecule is Cc1ccccc1N1C(=O)C[C@@]1(C#N)c1ccc(OCc2ccccc2)cc1. The normalized spacial score (nSPS) is 18.3. The number of nitrogens with zero attached hydrogens (tertiary/aromatic N) is 2. The summed E-state index contributed by atoms with van der Waals surface area (Å²) in [6, 6.07) is 27.4. The molecule has 0 spiro atoms. The van der Waals surface area contributed by atoms with E-state index in [1.807, 2.05) is 85.8 Å². The minimum absolute atomic E-state index is 0.0414. The Hall–Kier alpha value is -3.58. The minimum Gasteiger partial charge on any atom is -0.489 e. The van der Waals surface area contributed by atoms with Crippen LogP contribution in [0.5, 0.6) is 5.75 Å². The number of hydrogen-bond acceptors (Lipinski definition) is 3. The third-order valence-electron chi connectivity index (χ3n) is 5.16. The summed E-state index contributed by atoms with van der Waals surface area (Å²) in [6.45, 7) is 2.43. The molecule has 1 amide bonds. The third-order valence-corrected chi connectivity index (χ3v) is 5.16. The molecule has 1 fully saturated rings. The fraction of sp³-hybridized carbons (Fsp3) is 0.167. The summed E-state index contributed by atoms with van der Waals surface area (Å²) in [4.78, 5) is 14.0. The zero-order valence-corrected chi connectivity index (χ0v) is 15.6. The standard InChI is InChI=1S/C24H20N2O2/c1-18-7-5-6-10-22(18)26-23(27)15-24(26,17-25)20-11-13-21(14-12-20)28-16-19-8-3-2-4-9-19/h2-14H,15-16H2,1H3/t24-/m1/s1. The van der Waals surface area contributed by atoms with Crippen molar-refractivity contribution in [3.05, 3.63) is 95.6 Å². The highest BCUT2D eigenvalue weighted by atomic mass is 16.5. The molecule has 3 aromatic carbocycles. The molecule has 4 nitrogen and oxygen atoms in total. The molecule has 0 saturated carbocycles. The van der Waals surface area contributed by atoms with Crippen LogP contribution in [-0.2, 0) is 16.9 Å². The summed E-state index contributed by atoms with van der Waals surface area (Å²) in [7, 11) is 0. The summed E-state index contributed by atoms with van der Waals surface area (Å²) in [6.07, 6.45) is 0.183. The second-order valence-corrected chi connectivity index (χ2v) is 6.96. The number of carbonyl (C=O) groups is 1. The van der Waals surface area contributed by atoms with Crippen molar-refractivity contribution in [2.24, 2.45) is 0 Å². The molecule has 0 N–H and O–H groups in total. The lowest BCUT2D eigenvalue weighted by Crippen LogP contribution is -2.61. The molecule has 1 aliphatic rings. The molecule has 1 atom stereocenters. The van der Waals surface area contributed by atoms with Crippen molar-refractivity contribution < 1.29 is 9.53 Å². The van der Waals surface area contributed by atoms with Gasteiger partial charge < -0.3 is 4.74 Å². The Bertz CT molecular complexity index is 1040. The van der Waals surface area contributed by atoms with E-state index in [-0.39, 0.29) is 12.3 Å². The maximum atomic E-state index is 12.4. The van der Waals surface area contributed by atoms with Crippen LogP contribution in [-0.4, -0.2) is 5.91 Å². The van der Waals surface area contributed by atoms with E-state index in [4.69, 9.17) is 4.74 Å². The van der Waals surface area contributed by atoms with Crippen molar-refractivity contribution in [3.63, 3.8) is 0 Å². The highest BCUT2D eigenvalue weighted by Crippen LogP contribution is 2.45.